The SMILES string of the molecule is NC(=[NH2+])C1=C(c2ccc(Oc3ccccc3)cc2)NC(C2CCCN(C(=O)OCc3ccccc3)C2)C=C1N. The molecule has 3 aromatic carbocycles. The molecule has 2 aliphatic rings. The number of hydrogen-bond donors (Lipinski definition) is 4. The monoisotopic (exact) mass is 524 g/mol. The van der Waals surface area contributed by atoms with Gasteiger partial charge in [-0.05, 0) is 66.4 Å². The standard InChI is InChI=1S/C31H33N5O3/c32-26-18-27(23-10-7-17-36(19-23)31(37)38-20-21-8-3-1-4-9-21)35-29(28(26)30(33)34)22-13-15-25(16-14-22)39-24-11-5-2-6-12-24/h1-6,8-9,11-16,18,23,27,35H,7,10,17,19-20,32H2,(H3,33,34)/p+1. The van der Waals surface area contributed by atoms with E-state index in [-0.39, 0.29) is 30.5 Å². The Hall–Kier alpha value is -4.72. The Labute approximate surface area is 228 Å². The molecule has 2 heterocycles. The molecule has 2 atom stereocenters. The number of rotatable bonds is 7. The van der Waals surface area contributed by atoms with Crippen molar-refractivity contribution >= 4 is 17.6 Å². The third kappa shape index (κ3) is 6.23. The first-order valence-electron chi connectivity index (χ1n) is 13.1. The van der Waals surface area contributed by atoms with Gasteiger partial charge in [0.25, 0.3) is 5.84 Å². The Balaban J connectivity index is 1.29. The highest BCUT2D eigenvalue weighted by atomic mass is 16.6. The van der Waals surface area contributed by atoms with Crippen LogP contribution < -0.4 is 26.9 Å². The van der Waals surface area contributed by atoms with Crippen molar-refractivity contribution in [3.05, 3.63) is 113 Å². The van der Waals surface area contributed by atoms with Gasteiger partial charge in [0.2, 0.25) is 0 Å². The predicted molar refractivity (Wildman–Crippen MR) is 151 cm³/mol. The number of hydrogen-bond acceptors (Lipinski definition) is 5. The first-order valence-corrected chi connectivity index (χ1v) is 13.1. The van der Waals surface area contributed by atoms with Gasteiger partial charge in [-0.25, -0.2) is 4.79 Å². The molecule has 2 aliphatic heterocycles. The topological polar surface area (TPSA) is 128 Å². The van der Waals surface area contributed by atoms with Crippen molar-refractivity contribution in [2.45, 2.75) is 25.5 Å². The number of amides is 1. The molecule has 8 heteroatoms. The first kappa shape index (κ1) is 25.9. The van der Waals surface area contributed by atoms with Crippen LogP contribution in [0.4, 0.5) is 4.79 Å². The van der Waals surface area contributed by atoms with E-state index >= 15 is 0 Å². The van der Waals surface area contributed by atoms with Gasteiger partial charge in [0.1, 0.15) is 23.7 Å². The van der Waals surface area contributed by atoms with E-state index in [1.54, 1.807) is 4.90 Å². The van der Waals surface area contributed by atoms with Crippen molar-refractivity contribution in [1.29, 1.82) is 0 Å². The van der Waals surface area contributed by atoms with E-state index in [0.717, 1.165) is 35.4 Å². The van der Waals surface area contributed by atoms with Crippen LogP contribution in [0, 0.1) is 5.92 Å². The number of carbonyl (C=O) groups is 1. The van der Waals surface area contributed by atoms with E-state index in [9.17, 15) is 4.79 Å². The summed E-state index contributed by atoms with van der Waals surface area (Å²) < 4.78 is 11.5. The molecule has 1 amide bonds. The number of dihydropyridines is 1. The molecule has 1 saturated heterocycles. The van der Waals surface area contributed by atoms with Crippen LogP contribution in [-0.4, -0.2) is 36.0 Å². The van der Waals surface area contributed by atoms with Gasteiger partial charge in [0.15, 0.2) is 0 Å². The van der Waals surface area contributed by atoms with Crippen LogP contribution in [0.5, 0.6) is 11.5 Å². The van der Waals surface area contributed by atoms with Crippen LogP contribution in [-0.2, 0) is 11.3 Å². The summed E-state index contributed by atoms with van der Waals surface area (Å²) in [4.78, 5) is 14.6. The second kappa shape index (κ2) is 11.8. The average molecular weight is 525 g/mol. The molecule has 2 unspecified atom stereocenters. The zero-order valence-electron chi connectivity index (χ0n) is 21.8. The van der Waals surface area contributed by atoms with Gasteiger partial charge in [-0.1, -0.05) is 48.5 Å². The highest BCUT2D eigenvalue weighted by Gasteiger charge is 2.34. The molecular formula is C31H34N5O3+. The Bertz CT molecular complexity index is 1370. The molecule has 3 aromatic rings. The lowest BCUT2D eigenvalue weighted by atomic mass is 9.86. The van der Waals surface area contributed by atoms with E-state index < -0.39 is 0 Å². The number of ether oxygens (including phenoxy) is 2. The Morgan fingerprint density at radius 2 is 1.64 bits per heavy atom. The van der Waals surface area contributed by atoms with Crippen LogP contribution in [0.15, 0.2) is 102 Å². The van der Waals surface area contributed by atoms with Gasteiger partial charge >= 0.3 is 6.09 Å². The molecule has 0 aromatic heterocycles. The largest absolute Gasteiger partial charge is 0.457 e. The molecule has 39 heavy (non-hydrogen) atoms. The summed E-state index contributed by atoms with van der Waals surface area (Å²) in [6, 6.07) is 26.9. The molecule has 7 N–H and O–H groups in total. The normalized spacial score (nSPS) is 19.1. The molecule has 0 saturated carbocycles. The van der Waals surface area contributed by atoms with Crippen molar-refractivity contribution < 1.29 is 19.7 Å². The van der Waals surface area contributed by atoms with E-state index in [2.05, 4.69) is 5.32 Å². The number of nitrogens with zero attached hydrogens (tertiary/aromatic N) is 1. The van der Waals surface area contributed by atoms with Crippen LogP contribution in [0.25, 0.3) is 5.70 Å². The van der Waals surface area contributed by atoms with Gasteiger partial charge in [-0.3, -0.25) is 11.1 Å². The minimum atomic E-state index is -0.304. The quantitative estimate of drug-likeness (QED) is 0.278. The maximum Gasteiger partial charge on any atom is 0.410 e. The average Bonchev–Trinajstić information content (AvgIpc) is 2.97. The summed E-state index contributed by atoms with van der Waals surface area (Å²) in [6.45, 7) is 1.47. The molecule has 200 valence electrons. The molecule has 0 bridgehead atoms. The highest BCUT2D eigenvalue weighted by molar-refractivity contribution is 6.04. The molecular weight excluding hydrogens is 490 g/mol. The molecule has 0 radical (unpaired) electrons. The third-order valence-corrected chi connectivity index (χ3v) is 7.05. The number of amidine groups is 1. The molecule has 0 spiro atoms. The van der Waals surface area contributed by atoms with E-state index in [0.29, 0.717) is 30.1 Å². The minimum Gasteiger partial charge on any atom is -0.457 e. The van der Waals surface area contributed by atoms with Gasteiger partial charge in [-0.15, -0.1) is 0 Å². The fourth-order valence-corrected chi connectivity index (χ4v) is 5.09. The summed E-state index contributed by atoms with van der Waals surface area (Å²) >= 11 is 0. The fourth-order valence-electron chi connectivity index (χ4n) is 5.09. The third-order valence-electron chi connectivity index (χ3n) is 7.05. The first-order chi connectivity index (χ1) is 19.0. The van der Waals surface area contributed by atoms with Crippen LogP contribution in [0.1, 0.15) is 24.0 Å². The Morgan fingerprint density at radius 1 is 0.974 bits per heavy atom. The van der Waals surface area contributed by atoms with Crippen molar-refractivity contribution in [3.8, 4) is 11.5 Å². The van der Waals surface area contributed by atoms with Gasteiger partial charge in [0, 0.05) is 24.7 Å². The number of benzene rings is 3. The second-order valence-electron chi connectivity index (χ2n) is 9.83. The summed E-state index contributed by atoms with van der Waals surface area (Å²) in [5, 5.41) is 9.68. The van der Waals surface area contributed by atoms with Crippen molar-refractivity contribution in [3.63, 3.8) is 0 Å². The van der Waals surface area contributed by atoms with Crippen molar-refractivity contribution in [1.82, 2.24) is 10.2 Å². The van der Waals surface area contributed by atoms with Gasteiger partial charge in [-0.2, -0.15) is 0 Å². The van der Waals surface area contributed by atoms with Crippen LogP contribution >= 0.6 is 0 Å². The van der Waals surface area contributed by atoms with Crippen LogP contribution in [0.3, 0.4) is 0 Å². The molecule has 0 aliphatic carbocycles. The maximum absolute atomic E-state index is 12.8. The summed E-state index contributed by atoms with van der Waals surface area (Å²) in [6.07, 6.45) is 3.47. The Morgan fingerprint density at radius 3 is 2.33 bits per heavy atom. The predicted octanol–water partition coefficient (Wildman–Crippen LogP) is 3.17. The van der Waals surface area contributed by atoms with Crippen molar-refractivity contribution in [2.24, 2.45) is 17.4 Å². The summed E-state index contributed by atoms with van der Waals surface area (Å²) in [5.74, 6) is 1.75. The number of para-hydroxylation sites is 1. The number of likely N-dealkylation sites (tertiary alicyclic amines) is 1. The second-order valence-corrected chi connectivity index (χ2v) is 9.83. The number of piperidine rings is 1. The summed E-state index contributed by atoms with van der Waals surface area (Å²) in [7, 11) is 0. The zero-order valence-corrected chi connectivity index (χ0v) is 21.8. The van der Waals surface area contributed by atoms with E-state index in [1.807, 2.05) is 91.0 Å². The number of nitrogens with two attached hydrogens (primary N) is 3. The summed E-state index contributed by atoms with van der Waals surface area (Å²) in [5.41, 5.74) is 16.3. The lowest BCUT2D eigenvalue weighted by molar-refractivity contribution is -0.114. The smallest absolute Gasteiger partial charge is 0.410 e. The molecule has 5 rings (SSSR count). The van der Waals surface area contributed by atoms with E-state index in [1.165, 1.54) is 0 Å². The maximum atomic E-state index is 12.8. The highest BCUT2D eigenvalue weighted by Crippen LogP contribution is 2.31. The Kier molecular flexibility index (Phi) is 7.82. The molecule has 1 fully saturated rings. The number of carbonyl (C=O) groups excluding carboxylic acids is 1. The van der Waals surface area contributed by atoms with Gasteiger partial charge in [0.05, 0.1) is 11.7 Å². The number of nitrogens with one attached hydrogen (secondary N) is 1. The van der Waals surface area contributed by atoms with Crippen LogP contribution in [0.2, 0.25) is 0 Å². The molecule has 8 nitrogen and oxygen atoms in total. The fraction of sp³-hybridized carbons (Fsp3) is 0.226. The lowest BCUT2D eigenvalue weighted by Gasteiger charge is -2.38. The van der Waals surface area contributed by atoms with E-state index in [4.69, 9.17) is 26.4 Å². The lowest BCUT2D eigenvalue weighted by Crippen LogP contribution is -2.52. The van der Waals surface area contributed by atoms with Gasteiger partial charge < -0.3 is 25.4 Å². The zero-order chi connectivity index (χ0) is 27.2. The van der Waals surface area contributed by atoms with Crippen molar-refractivity contribution in [2.75, 3.05) is 13.1 Å². The minimum absolute atomic E-state index is 0.104.